The maximum Gasteiger partial charge on any atom is 0.0611 e. The quantitative estimate of drug-likeness (QED) is 0.549. The van der Waals surface area contributed by atoms with Crippen molar-refractivity contribution in [2.45, 2.75) is 12.6 Å². The maximum absolute atomic E-state index is 5.75. The average Bonchev–Trinajstić information content (AvgIpc) is 2.05. The summed E-state index contributed by atoms with van der Waals surface area (Å²) in [5.74, 6) is 0.468. The number of allylic oxidation sites excluding steroid dienone is 3. The zero-order valence-corrected chi connectivity index (χ0v) is 6.25. The van der Waals surface area contributed by atoms with E-state index < -0.39 is 0 Å². The summed E-state index contributed by atoms with van der Waals surface area (Å²) >= 11 is 0. The van der Waals surface area contributed by atoms with Crippen molar-refractivity contribution in [1.29, 1.82) is 0 Å². The van der Waals surface area contributed by atoms with E-state index in [9.17, 15) is 0 Å². The van der Waals surface area contributed by atoms with Crippen molar-refractivity contribution in [2.75, 3.05) is 7.05 Å². The van der Waals surface area contributed by atoms with Gasteiger partial charge in [-0.25, -0.2) is 0 Å². The number of hydrogen-bond acceptors (Lipinski definition) is 2. The summed E-state index contributed by atoms with van der Waals surface area (Å²) < 4.78 is 0. The van der Waals surface area contributed by atoms with E-state index in [4.69, 9.17) is 5.73 Å². The topological polar surface area (TPSA) is 38.0 Å². The molecule has 0 radical (unpaired) electrons. The zero-order chi connectivity index (χ0) is 7.40. The molecule has 1 aliphatic carbocycles. The third kappa shape index (κ3) is 1.69. The maximum atomic E-state index is 5.75. The Bertz CT molecular complexity index is 149. The van der Waals surface area contributed by atoms with Crippen LogP contribution in [0.5, 0.6) is 0 Å². The minimum atomic E-state index is 0.0983. The van der Waals surface area contributed by atoms with E-state index in [1.165, 1.54) is 0 Å². The summed E-state index contributed by atoms with van der Waals surface area (Å²) in [5, 5.41) is 3.03. The lowest BCUT2D eigenvalue weighted by Gasteiger charge is -2.19. The number of rotatable bonds is 2. The summed E-state index contributed by atoms with van der Waals surface area (Å²) in [5.41, 5.74) is 5.75. The molecule has 0 heterocycles. The average molecular weight is 138 g/mol. The van der Waals surface area contributed by atoms with Gasteiger partial charge >= 0.3 is 0 Å². The van der Waals surface area contributed by atoms with Crippen molar-refractivity contribution in [3.63, 3.8) is 0 Å². The van der Waals surface area contributed by atoms with Gasteiger partial charge in [-0.1, -0.05) is 24.3 Å². The molecule has 2 unspecified atom stereocenters. The van der Waals surface area contributed by atoms with Crippen LogP contribution in [0.1, 0.15) is 6.42 Å². The Balaban J connectivity index is 2.42. The summed E-state index contributed by atoms with van der Waals surface area (Å²) in [6, 6.07) is 0. The summed E-state index contributed by atoms with van der Waals surface area (Å²) in [6.07, 6.45) is 9.53. The fraction of sp³-hybridized carbons (Fsp3) is 0.500. The molecule has 1 aliphatic rings. The van der Waals surface area contributed by atoms with E-state index in [2.05, 4.69) is 23.5 Å². The summed E-state index contributed by atoms with van der Waals surface area (Å²) in [4.78, 5) is 0. The Morgan fingerprint density at radius 2 is 2.40 bits per heavy atom. The van der Waals surface area contributed by atoms with Crippen LogP contribution in [-0.2, 0) is 0 Å². The van der Waals surface area contributed by atoms with E-state index in [1.54, 1.807) is 0 Å². The van der Waals surface area contributed by atoms with Crippen LogP contribution in [-0.4, -0.2) is 13.2 Å². The molecule has 10 heavy (non-hydrogen) atoms. The molecule has 0 bridgehead atoms. The molecule has 2 atom stereocenters. The first-order chi connectivity index (χ1) is 4.84. The van der Waals surface area contributed by atoms with Gasteiger partial charge in [0.2, 0.25) is 0 Å². The fourth-order valence-electron chi connectivity index (χ4n) is 1.08. The third-order valence-corrected chi connectivity index (χ3v) is 1.81. The molecule has 3 N–H and O–H groups in total. The Hall–Kier alpha value is -0.600. The van der Waals surface area contributed by atoms with Crippen LogP contribution in [0.15, 0.2) is 24.3 Å². The molecule has 0 saturated carbocycles. The molecular formula is C8H14N2. The van der Waals surface area contributed by atoms with E-state index in [0.717, 1.165) is 6.42 Å². The van der Waals surface area contributed by atoms with Gasteiger partial charge in [0, 0.05) is 5.92 Å². The molecule has 2 heteroatoms. The molecule has 0 amide bonds. The van der Waals surface area contributed by atoms with Gasteiger partial charge in [0.25, 0.3) is 0 Å². The number of hydrogen-bond donors (Lipinski definition) is 2. The van der Waals surface area contributed by atoms with E-state index >= 15 is 0 Å². The van der Waals surface area contributed by atoms with Crippen molar-refractivity contribution >= 4 is 0 Å². The molecule has 1 rings (SSSR count). The van der Waals surface area contributed by atoms with Gasteiger partial charge < -0.3 is 11.1 Å². The second kappa shape index (κ2) is 3.54. The van der Waals surface area contributed by atoms with Gasteiger partial charge in [-0.2, -0.15) is 0 Å². The van der Waals surface area contributed by atoms with Crippen molar-refractivity contribution in [2.24, 2.45) is 11.7 Å². The van der Waals surface area contributed by atoms with Crippen LogP contribution in [0.25, 0.3) is 0 Å². The first-order valence-electron chi connectivity index (χ1n) is 3.61. The summed E-state index contributed by atoms with van der Waals surface area (Å²) in [6.45, 7) is 0. The van der Waals surface area contributed by atoms with Crippen LogP contribution in [0.3, 0.4) is 0 Å². The Labute approximate surface area is 61.8 Å². The second-order valence-electron chi connectivity index (χ2n) is 2.53. The van der Waals surface area contributed by atoms with Crippen molar-refractivity contribution in [3.8, 4) is 0 Å². The van der Waals surface area contributed by atoms with Crippen molar-refractivity contribution in [3.05, 3.63) is 24.3 Å². The third-order valence-electron chi connectivity index (χ3n) is 1.81. The predicted molar refractivity (Wildman–Crippen MR) is 43.4 cm³/mol. The van der Waals surface area contributed by atoms with Gasteiger partial charge in [-0.15, -0.1) is 0 Å². The highest BCUT2D eigenvalue weighted by Crippen LogP contribution is 2.12. The first-order valence-corrected chi connectivity index (χ1v) is 3.61. The molecular weight excluding hydrogens is 124 g/mol. The smallest absolute Gasteiger partial charge is 0.0611 e. The molecule has 0 aromatic heterocycles. The Kier molecular flexibility index (Phi) is 2.66. The van der Waals surface area contributed by atoms with Crippen LogP contribution in [0.4, 0.5) is 0 Å². The highest BCUT2D eigenvalue weighted by molar-refractivity contribution is 5.12. The standard InChI is InChI=1S/C8H14N2/c1-10-8(9)7-5-3-2-4-6-7/h2-5,7-8,10H,6,9H2,1H3. The molecule has 56 valence electrons. The molecule has 0 aliphatic heterocycles. The Morgan fingerprint density at radius 1 is 1.60 bits per heavy atom. The van der Waals surface area contributed by atoms with Gasteiger partial charge in [-0.05, 0) is 13.5 Å². The van der Waals surface area contributed by atoms with Crippen molar-refractivity contribution in [1.82, 2.24) is 5.32 Å². The summed E-state index contributed by atoms with van der Waals surface area (Å²) in [7, 11) is 1.89. The van der Waals surface area contributed by atoms with Gasteiger partial charge in [0.15, 0.2) is 0 Å². The minimum absolute atomic E-state index is 0.0983. The van der Waals surface area contributed by atoms with Gasteiger partial charge in [0.1, 0.15) is 0 Å². The van der Waals surface area contributed by atoms with Gasteiger partial charge in [-0.3, -0.25) is 0 Å². The SMILES string of the molecule is CNC(N)C1C=CC=CC1. The van der Waals surface area contributed by atoms with Crippen LogP contribution >= 0.6 is 0 Å². The molecule has 0 saturated heterocycles. The molecule has 0 aromatic carbocycles. The van der Waals surface area contributed by atoms with Crippen LogP contribution < -0.4 is 11.1 Å². The lowest BCUT2D eigenvalue weighted by atomic mass is 9.98. The van der Waals surface area contributed by atoms with E-state index in [0.29, 0.717) is 5.92 Å². The first kappa shape index (κ1) is 7.51. The van der Waals surface area contributed by atoms with E-state index in [-0.39, 0.29) is 6.17 Å². The van der Waals surface area contributed by atoms with Crippen LogP contribution in [0, 0.1) is 5.92 Å². The highest BCUT2D eigenvalue weighted by atomic mass is 15.0. The molecule has 0 aromatic rings. The number of nitrogens with two attached hydrogens (primary N) is 1. The second-order valence-corrected chi connectivity index (χ2v) is 2.53. The van der Waals surface area contributed by atoms with Crippen LogP contribution in [0.2, 0.25) is 0 Å². The molecule has 2 nitrogen and oxygen atoms in total. The molecule has 0 spiro atoms. The predicted octanol–water partition coefficient (Wildman–Crippen LogP) is 0.623. The minimum Gasteiger partial charge on any atom is -0.315 e. The van der Waals surface area contributed by atoms with E-state index in [1.807, 2.05) is 13.1 Å². The zero-order valence-electron chi connectivity index (χ0n) is 6.25. The van der Waals surface area contributed by atoms with Crippen molar-refractivity contribution < 1.29 is 0 Å². The largest absolute Gasteiger partial charge is 0.315 e. The lowest BCUT2D eigenvalue weighted by molar-refractivity contribution is 0.449. The molecule has 0 fully saturated rings. The Morgan fingerprint density at radius 3 is 2.90 bits per heavy atom. The monoisotopic (exact) mass is 138 g/mol. The normalized spacial score (nSPS) is 26.8. The van der Waals surface area contributed by atoms with Gasteiger partial charge in [0.05, 0.1) is 6.17 Å². The number of nitrogens with one attached hydrogen (secondary N) is 1. The fourth-order valence-corrected chi connectivity index (χ4v) is 1.08. The lowest BCUT2D eigenvalue weighted by Crippen LogP contribution is -2.40. The highest BCUT2D eigenvalue weighted by Gasteiger charge is 2.11.